The van der Waals surface area contributed by atoms with E-state index in [1.54, 1.807) is 17.0 Å². The molecule has 2 amide bonds. The number of ketones is 1. The summed E-state index contributed by atoms with van der Waals surface area (Å²) in [6.45, 7) is 1.19. The lowest BCUT2D eigenvalue weighted by Gasteiger charge is -2.31. The number of hydrogen-bond donors (Lipinski definition) is 2. The van der Waals surface area contributed by atoms with E-state index in [1.165, 1.54) is 30.3 Å². The van der Waals surface area contributed by atoms with Crippen molar-refractivity contribution in [2.75, 3.05) is 32.8 Å². The molecule has 3 N–H and O–H groups in total. The van der Waals surface area contributed by atoms with Crippen molar-refractivity contribution in [1.82, 2.24) is 10.2 Å². The number of carbonyl (C=O) groups is 3. The van der Waals surface area contributed by atoms with E-state index in [9.17, 15) is 18.8 Å². The highest BCUT2D eigenvalue weighted by Gasteiger charge is 2.28. The maximum absolute atomic E-state index is 13.1. The van der Waals surface area contributed by atoms with E-state index in [0.717, 1.165) is 0 Å². The second-order valence-corrected chi connectivity index (χ2v) is 7.94. The van der Waals surface area contributed by atoms with Crippen LogP contribution in [0.5, 0.6) is 5.75 Å². The Balaban J connectivity index is 1.54. The Morgan fingerprint density at radius 3 is 2.47 bits per heavy atom. The summed E-state index contributed by atoms with van der Waals surface area (Å²) >= 11 is 5.99. The van der Waals surface area contributed by atoms with Gasteiger partial charge in [0.15, 0.2) is 12.4 Å². The van der Waals surface area contributed by atoms with E-state index in [0.29, 0.717) is 49.6 Å². The summed E-state index contributed by atoms with van der Waals surface area (Å²) in [7, 11) is 0. The molecular formula is C23H25ClFN3O4. The summed E-state index contributed by atoms with van der Waals surface area (Å²) in [6.07, 6.45) is 1.05. The van der Waals surface area contributed by atoms with Crippen LogP contribution in [0.25, 0.3) is 0 Å². The molecule has 2 aromatic rings. The van der Waals surface area contributed by atoms with Crippen molar-refractivity contribution in [2.24, 2.45) is 11.7 Å². The van der Waals surface area contributed by atoms with Crippen LogP contribution in [0.2, 0.25) is 5.02 Å². The Labute approximate surface area is 190 Å². The van der Waals surface area contributed by atoms with Crippen LogP contribution in [0.15, 0.2) is 42.5 Å². The van der Waals surface area contributed by atoms with Gasteiger partial charge >= 0.3 is 0 Å². The number of nitrogens with one attached hydrogen (secondary N) is 1. The number of hydrogen-bond acceptors (Lipinski definition) is 5. The zero-order valence-electron chi connectivity index (χ0n) is 17.5. The zero-order valence-corrected chi connectivity index (χ0v) is 18.2. The average Bonchev–Trinajstić information content (AvgIpc) is 2.81. The van der Waals surface area contributed by atoms with E-state index in [-0.39, 0.29) is 47.3 Å². The van der Waals surface area contributed by atoms with Gasteiger partial charge in [-0.3, -0.25) is 14.4 Å². The predicted molar refractivity (Wildman–Crippen MR) is 118 cm³/mol. The number of ether oxygens (including phenoxy) is 1. The highest BCUT2D eigenvalue weighted by Crippen LogP contribution is 2.24. The number of carbonyl (C=O) groups excluding carboxylic acids is 3. The van der Waals surface area contributed by atoms with Gasteiger partial charge in [0.25, 0.3) is 11.8 Å². The first-order valence-corrected chi connectivity index (χ1v) is 10.7. The third kappa shape index (κ3) is 6.05. The maximum atomic E-state index is 13.1. The number of nitrogens with zero attached hydrogens (tertiary/aromatic N) is 1. The monoisotopic (exact) mass is 461 g/mol. The molecule has 0 spiro atoms. The highest BCUT2D eigenvalue weighted by molar-refractivity contribution is 6.31. The van der Waals surface area contributed by atoms with Gasteiger partial charge in [-0.15, -0.1) is 0 Å². The number of halogens is 2. The van der Waals surface area contributed by atoms with E-state index >= 15 is 0 Å². The fraction of sp³-hybridized carbons (Fsp3) is 0.348. The summed E-state index contributed by atoms with van der Waals surface area (Å²) in [6, 6.07) is 10.1. The molecular weight excluding hydrogens is 437 g/mol. The Hall–Kier alpha value is -2.97. The number of Topliss-reactive ketones (excluding diaryl/α,β-unsaturated/α-hetero) is 1. The van der Waals surface area contributed by atoms with Crippen molar-refractivity contribution in [3.05, 3.63) is 64.4 Å². The van der Waals surface area contributed by atoms with Crippen LogP contribution in [0, 0.1) is 11.7 Å². The molecule has 32 heavy (non-hydrogen) atoms. The summed E-state index contributed by atoms with van der Waals surface area (Å²) in [5.74, 6) is -1.01. The Morgan fingerprint density at radius 2 is 1.81 bits per heavy atom. The van der Waals surface area contributed by atoms with Crippen LogP contribution >= 0.6 is 11.6 Å². The molecule has 0 bridgehead atoms. The highest BCUT2D eigenvalue weighted by atomic mass is 35.5. The molecule has 170 valence electrons. The standard InChI is InChI=1S/C23H25ClFN3O4/c24-17-3-6-20(19(13-17)23(31)27-10-9-26)32-14-21(29)28-11-7-16(8-12-28)22(30)15-1-4-18(25)5-2-15/h1-6,13,16H,7-12,14,26H2,(H,27,31). The van der Waals surface area contributed by atoms with Gasteiger partial charge in [-0.25, -0.2) is 4.39 Å². The molecule has 1 fully saturated rings. The molecule has 0 unspecified atom stereocenters. The maximum Gasteiger partial charge on any atom is 0.260 e. The van der Waals surface area contributed by atoms with E-state index in [2.05, 4.69) is 5.32 Å². The molecule has 0 saturated carbocycles. The van der Waals surface area contributed by atoms with E-state index < -0.39 is 0 Å². The quantitative estimate of drug-likeness (QED) is 0.588. The van der Waals surface area contributed by atoms with Crippen LogP contribution in [0.1, 0.15) is 33.6 Å². The first-order valence-electron chi connectivity index (χ1n) is 10.4. The minimum Gasteiger partial charge on any atom is -0.483 e. The van der Waals surface area contributed by atoms with Crippen molar-refractivity contribution in [3.8, 4) is 5.75 Å². The first-order chi connectivity index (χ1) is 15.4. The second kappa shape index (κ2) is 11.1. The molecule has 7 nitrogen and oxygen atoms in total. The van der Waals surface area contributed by atoms with Crippen molar-refractivity contribution in [2.45, 2.75) is 12.8 Å². The van der Waals surface area contributed by atoms with Crippen LogP contribution in [-0.2, 0) is 4.79 Å². The molecule has 1 aliphatic heterocycles. The Morgan fingerprint density at radius 1 is 1.12 bits per heavy atom. The summed E-state index contributed by atoms with van der Waals surface area (Å²) in [4.78, 5) is 39.1. The smallest absolute Gasteiger partial charge is 0.260 e. The normalized spacial score (nSPS) is 14.2. The van der Waals surface area contributed by atoms with Crippen LogP contribution < -0.4 is 15.8 Å². The Bertz CT molecular complexity index is 976. The SMILES string of the molecule is NCCNC(=O)c1cc(Cl)ccc1OCC(=O)N1CCC(C(=O)c2ccc(F)cc2)CC1. The fourth-order valence-electron chi connectivity index (χ4n) is 3.56. The molecule has 3 rings (SSSR count). The van der Waals surface area contributed by atoms with Crippen molar-refractivity contribution >= 4 is 29.2 Å². The zero-order chi connectivity index (χ0) is 23.1. The lowest BCUT2D eigenvalue weighted by atomic mass is 9.89. The summed E-state index contributed by atoms with van der Waals surface area (Å²) in [5, 5.41) is 3.02. The molecule has 2 aromatic carbocycles. The van der Waals surface area contributed by atoms with Crippen molar-refractivity contribution < 1.29 is 23.5 Å². The van der Waals surface area contributed by atoms with E-state index in [1.807, 2.05) is 0 Å². The molecule has 0 aliphatic carbocycles. The largest absolute Gasteiger partial charge is 0.483 e. The summed E-state index contributed by atoms with van der Waals surface area (Å²) in [5.41, 5.74) is 6.11. The summed E-state index contributed by atoms with van der Waals surface area (Å²) < 4.78 is 18.7. The third-order valence-electron chi connectivity index (χ3n) is 5.31. The first kappa shape index (κ1) is 23.7. The van der Waals surface area contributed by atoms with Crippen LogP contribution in [0.3, 0.4) is 0 Å². The second-order valence-electron chi connectivity index (χ2n) is 7.50. The van der Waals surface area contributed by atoms with Gasteiger partial charge in [0.1, 0.15) is 11.6 Å². The van der Waals surface area contributed by atoms with Gasteiger partial charge in [0, 0.05) is 42.7 Å². The van der Waals surface area contributed by atoms with Gasteiger partial charge < -0.3 is 20.7 Å². The minimum atomic E-state index is -0.388. The number of likely N-dealkylation sites (tertiary alicyclic amines) is 1. The molecule has 1 saturated heterocycles. The fourth-order valence-corrected chi connectivity index (χ4v) is 3.73. The molecule has 0 atom stereocenters. The lowest BCUT2D eigenvalue weighted by Crippen LogP contribution is -2.42. The molecule has 1 heterocycles. The third-order valence-corrected chi connectivity index (χ3v) is 5.55. The average molecular weight is 462 g/mol. The number of piperidine rings is 1. The Kier molecular flexibility index (Phi) is 8.19. The van der Waals surface area contributed by atoms with Gasteiger partial charge in [-0.1, -0.05) is 11.6 Å². The predicted octanol–water partition coefficient (Wildman–Crippen LogP) is 2.67. The van der Waals surface area contributed by atoms with Crippen LogP contribution in [0.4, 0.5) is 4.39 Å². The van der Waals surface area contributed by atoms with Gasteiger partial charge in [-0.2, -0.15) is 0 Å². The van der Waals surface area contributed by atoms with Gasteiger partial charge in [0.2, 0.25) is 0 Å². The molecule has 0 radical (unpaired) electrons. The molecule has 0 aromatic heterocycles. The minimum absolute atomic E-state index is 0.0392. The van der Waals surface area contributed by atoms with E-state index in [4.69, 9.17) is 22.1 Å². The van der Waals surface area contributed by atoms with Crippen molar-refractivity contribution in [1.29, 1.82) is 0 Å². The van der Waals surface area contributed by atoms with Crippen molar-refractivity contribution in [3.63, 3.8) is 0 Å². The van der Waals surface area contributed by atoms with Crippen LogP contribution in [-0.4, -0.2) is 55.3 Å². The van der Waals surface area contributed by atoms with Gasteiger partial charge in [-0.05, 0) is 55.3 Å². The van der Waals surface area contributed by atoms with Gasteiger partial charge in [0.05, 0.1) is 5.56 Å². The number of rotatable bonds is 8. The lowest BCUT2D eigenvalue weighted by molar-refractivity contribution is -0.134. The number of benzene rings is 2. The number of nitrogens with two attached hydrogens (primary N) is 1. The molecule has 1 aliphatic rings. The topological polar surface area (TPSA) is 102 Å². The molecule has 9 heteroatoms. The number of amides is 2.